The summed E-state index contributed by atoms with van der Waals surface area (Å²) in [6, 6.07) is 12.4. The number of hydrogen-bond acceptors (Lipinski definition) is 5. The number of anilines is 2. The van der Waals surface area contributed by atoms with Crippen molar-refractivity contribution in [3.05, 3.63) is 64.2 Å². The third kappa shape index (κ3) is 3.94. The zero-order valence-electron chi connectivity index (χ0n) is 16.3. The topological polar surface area (TPSA) is 82.4 Å². The molecule has 2 aromatic carbocycles. The second kappa shape index (κ2) is 8.30. The summed E-state index contributed by atoms with van der Waals surface area (Å²) < 4.78 is 5.38. The van der Waals surface area contributed by atoms with Crippen molar-refractivity contribution in [2.75, 3.05) is 36.2 Å². The number of rotatable bonds is 4. The fourth-order valence-corrected chi connectivity index (χ4v) is 3.64. The lowest BCUT2D eigenvalue weighted by Gasteiger charge is -2.28. The van der Waals surface area contributed by atoms with Crippen molar-refractivity contribution in [1.29, 1.82) is 0 Å². The van der Waals surface area contributed by atoms with E-state index in [2.05, 4.69) is 10.0 Å². The van der Waals surface area contributed by atoms with Gasteiger partial charge < -0.3 is 14.7 Å². The van der Waals surface area contributed by atoms with Gasteiger partial charge in [-0.05, 0) is 48.9 Å². The van der Waals surface area contributed by atoms with E-state index in [1.807, 2.05) is 24.3 Å². The van der Waals surface area contributed by atoms with Gasteiger partial charge in [-0.1, -0.05) is 23.7 Å². The number of nitrogens with zero attached hydrogens (tertiary/aromatic N) is 3. The Balaban J connectivity index is 1.57. The summed E-state index contributed by atoms with van der Waals surface area (Å²) in [5.74, 6) is -1.48. The van der Waals surface area contributed by atoms with Gasteiger partial charge in [-0.2, -0.15) is 10.1 Å². The van der Waals surface area contributed by atoms with Gasteiger partial charge in [-0.3, -0.25) is 4.79 Å². The molecule has 30 heavy (non-hydrogen) atoms. The molecule has 2 aliphatic heterocycles. The number of benzene rings is 2. The average Bonchev–Trinajstić information content (AvgIpc) is 3.03. The zero-order valence-corrected chi connectivity index (χ0v) is 17.1. The molecule has 0 bridgehead atoms. The summed E-state index contributed by atoms with van der Waals surface area (Å²) in [6.07, 6.45) is 1.79. The summed E-state index contributed by atoms with van der Waals surface area (Å²) in [5.41, 5.74) is 3.30. The Morgan fingerprint density at radius 3 is 2.47 bits per heavy atom. The van der Waals surface area contributed by atoms with E-state index in [4.69, 9.17) is 16.3 Å². The van der Waals surface area contributed by atoms with E-state index < -0.39 is 5.97 Å². The number of hydrogen-bond donors (Lipinski definition) is 1. The molecule has 2 aromatic rings. The molecule has 8 heteroatoms. The van der Waals surface area contributed by atoms with Crippen molar-refractivity contribution in [2.24, 2.45) is 5.10 Å². The Kier molecular flexibility index (Phi) is 5.57. The number of carboxylic acid groups (broad SMARTS) is 1. The van der Waals surface area contributed by atoms with Crippen LogP contribution in [0.15, 0.2) is 53.1 Å². The van der Waals surface area contributed by atoms with E-state index in [1.165, 1.54) is 17.1 Å². The second-order valence-corrected chi connectivity index (χ2v) is 7.43. The molecule has 2 aliphatic rings. The summed E-state index contributed by atoms with van der Waals surface area (Å²) in [7, 11) is 0. The Bertz CT molecular complexity index is 1060. The van der Waals surface area contributed by atoms with E-state index >= 15 is 0 Å². The number of aromatic carboxylic acids is 1. The van der Waals surface area contributed by atoms with Gasteiger partial charge in [-0.25, -0.2) is 4.79 Å². The van der Waals surface area contributed by atoms with Gasteiger partial charge in [0.25, 0.3) is 5.91 Å². The summed E-state index contributed by atoms with van der Waals surface area (Å²) in [4.78, 5) is 26.5. The highest BCUT2D eigenvalue weighted by Crippen LogP contribution is 2.29. The molecule has 0 spiro atoms. The van der Waals surface area contributed by atoms with Crippen molar-refractivity contribution < 1.29 is 19.4 Å². The van der Waals surface area contributed by atoms with Crippen LogP contribution in [0.25, 0.3) is 6.08 Å². The molecular formula is C22H20ClN3O4. The fraction of sp³-hybridized carbons (Fsp3) is 0.227. The lowest BCUT2D eigenvalue weighted by Crippen LogP contribution is -2.36. The highest BCUT2D eigenvalue weighted by molar-refractivity contribution is 6.34. The van der Waals surface area contributed by atoms with Crippen LogP contribution in [0.5, 0.6) is 0 Å². The molecule has 154 valence electrons. The molecule has 7 nitrogen and oxygen atoms in total. The van der Waals surface area contributed by atoms with Crippen LogP contribution in [-0.2, 0) is 9.53 Å². The first kappa shape index (κ1) is 20.1. The van der Waals surface area contributed by atoms with Crippen molar-refractivity contribution in [1.82, 2.24) is 0 Å². The number of carbonyl (C=O) groups is 2. The minimum atomic E-state index is -1.16. The Morgan fingerprint density at radius 2 is 1.80 bits per heavy atom. The number of halogens is 1. The number of morpholine rings is 1. The van der Waals surface area contributed by atoms with E-state index in [0.717, 1.165) is 37.6 Å². The highest BCUT2D eigenvalue weighted by atomic mass is 35.5. The minimum Gasteiger partial charge on any atom is -0.478 e. The van der Waals surface area contributed by atoms with Gasteiger partial charge in [0.2, 0.25) is 0 Å². The molecule has 1 saturated heterocycles. The highest BCUT2D eigenvalue weighted by Gasteiger charge is 2.29. The van der Waals surface area contributed by atoms with Gasteiger partial charge in [0.1, 0.15) is 0 Å². The fourth-order valence-electron chi connectivity index (χ4n) is 3.44. The Labute approximate surface area is 178 Å². The molecule has 1 N–H and O–H groups in total. The van der Waals surface area contributed by atoms with Gasteiger partial charge >= 0.3 is 5.97 Å². The lowest BCUT2D eigenvalue weighted by atomic mass is 10.1. The van der Waals surface area contributed by atoms with Crippen LogP contribution in [0.1, 0.15) is 22.8 Å². The monoisotopic (exact) mass is 425 g/mol. The number of hydrazone groups is 1. The minimum absolute atomic E-state index is 0.0778. The van der Waals surface area contributed by atoms with Crippen LogP contribution < -0.4 is 9.91 Å². The molecule has 0 unspecified atom stereocenters. The number of amides is 1. The van der Waals surface area contributed by atoms with Crippen LogP contribution in [0.4, 0.5) is 11.4 Å². The molecule has 2 heterocycles. The normalized spacial score (nSPS) is 18.1. The maximum absolute atomic E-state index is 12.9. The maximum Gasteiger partial charge on any atom is 0.337 e. The molecule has 0 aliphatic carbocycles. The number of ether oxygens (including phenoxy) is 1. The van der Waals surface area contributed by atoms with Gasteiger partial charge in [0.05, 0.1) is 40.8 Å². The number of carboxylic acids is 1. The predicted octanol–water partition coefficient (Wildman–Crippen LogP) is 3.68. The van der Waals surface area contributed by atoms with Crippen LogP contribution in [0, 0.1) is 0 Å². The molecule has 0 saturated carbocycles. The maximum atomic E-state index is 12.9. The van der Waals surface area contributed by atoms with Gasteiger partial charge in [-0.15, -0.1) is 0 Å². The predicted molar refractivity (Wildman–Crippen MR) is 116 cm³/mol. The second-order valence-electron chi connectivity index (χ2n) is 7.02. The van der Waals surface area contributed by atoms with Crippen LogP contribution in [0.2, 0.25) is 5.02 Å². The smallest absolute Gasteiger partial charge is 0.337 e. The van der Waals surface area contributed by atoms with E-state index in [1.54, 1.807) is 19.1 Å². The summed E-state index contributed by atoms with van der Waals surface area (Å²) in [5, 5.41) is 14.9. The molecular weight excluding hydrogens is 406 g/mol. The Morgan fingerprint density at radius 1 is 1.13 bits per heavy atom. The molecule has 0 aromatic heterocycles. The molecule has 0 radical (unpaired) electrons. The van der Waals surface area contributed by atoms with Crippen molar-refractivity contribution >= 4 is 46.6 Å². The van der Waals surface area contributed by atoms with Crippen LogP contribution in [0.3, 0.4) is 0 Å². The van der Waals surface area contributed by atoms with Gasteiger partial charge in [0.15, 0.2) is 0 Å². The molecule has 1 fully saturated rings. The summed E-state index contributed by atoms with van der Waals surface area (Å²) >= 11 is 5.93. The van der Waals surface area contributed by atoms with Crippen molar-refractivity contribution in [2.45, 2.75) is 6.92 Å². The average molecular weight is 426 g/mol. The van der Waals surface area contributed by atoms with Crippen molar-refractivity contribution in [3.63, 3.8) is 0 Å². The third-order valence-corrected chi connectivity index (χ3v) is 5.40. The molecule has 4 rings (SSSR count). The largest absolute Gasteiger partial charge is 0.478 e. The molecule has 1 amide bonds. The van der Waals surface area contributed by atoms with Gasteiger partial charge in [0, 0.05) is 18.8 Å². The van der Waals surface area contributed by atoms with Crippen molar-refractivity contribution in [3.8, 4) is 0 Å². The Hall–Kier alpha value is -3.16. The van der Waals surface area contributed by atoms with E-state index in [0.29, 0.717) is 17.0 Å². The first-order valence-electron chi connectivity index (χ1n) is 9.51. The molecule has 0 atom stereocenters. The zero-order chi connectivity index (χ0) is 21.3. The first-order valence-corrected chi connectivity index (χ1v) is 9.89. The standard InChI is InChI=1S/C22H20ClN3O4/c1-14-18(12-15-2-4-16(5-3-15)25-8-10-30-11-9-25)21(27)26(24-14)17-6-7-20(23)19(13-17)22(28)29/h2-7,12-13H,8-11H2,1H3,(H,28,29). The van der Waals surface area contributed by atoms with Crippen LogP contribution >= 0.6 is 11.6 Å². The quantitative estimate of drug-likeness (QED) is 0.755. The first-order chi connectivity index (χ1) is 14.4. The SMILES string of the molecule is CC1=NN(c2ccc(Cl)c(C(=O)O)c2)C(=O)C1=Cc1ccc(N2CCOCC2)cc1. The third-order valence-electron chi connectivity index (χ3n) is 5.07. The van der Waals surface area contributed by atoms with E-state index in [-0.39, 0.29) is 16.5 Å². The van der Waals surface area contributed by atoms with Crippen LogP contribution in [-0.4, -0.2) is 49.0 Å². The summed E-state index contributed by atoms with van der Waals surface area (Å²) in [6.45, 7) is 4.91. The van der Waals surface area contributed by atoms with E-state index in [9.17, 15) is 14.7 Å². The number of carbonyl (C=O) groups excluding carboxylic acids is 1. The lowest BCUT2D eigenvalue weighted by molar-refractivity contribution is -0.114.